The summed E-state index contributed by atoms with van der Waals surface area (Å²) in [7, 11) is 0. The summed E-state index contributed by atoms with van der Waals surface area (Å²) in [6.07, 6.45) is 0. The van der Waals surface area contributed by atoms with E-state index < -0.39 is 0 Å². The van der Waals surface area contributed by atoms with Gasteiger partial charge in [-0.3, -0.25) is 9.59 Å². The molecule has 1 aromatic heterocycles. The van der Waals surface area contributed by atoms with Crippen LogP contribution in [0.15, 0.2) is 76.6 Å². The molecule has 0 saturated carbocycles. The van der Waals surface area contributed by atoms with Crippen molar-refractivity contribution in [2.24, 2.45) is 0 Å². The van der Waals surface area contributed by atoms with Crippen LogP contribution < -0.4 is 15.4 Å². The number of thiazole rings is 1. The van der Waals surface area contributed by atoms with Gasteiger partial charge in [0, 0.05) is 15.4 Å². The lowest BCUT2D eigenvalue weighted by atomic mass is 10.1. The van der Waals surface area contributed by atoms with Gasteiger partial charge in [-0.2, -0.15) is 0 Å². The van der Waals surface area contributed by atoms with Crippen molar-refractivity contribution >= 4 is 55.0 Å². The Bertz CT molecular complexity index is 1220. The number of hydrogen-bond donors (Lipinski definition) is 2. The predicted octanol–water partition coefficient (Wildman–Crippen LogP) is 5.01. The molecule has 8 heteroatoms. The van der Waals surface area contributed by atoms with Crippen molar-refractivity contribution < 1.29 is 14.3 Å². The van der Waals surface area contributed by atoms with E-state index in [0.29, 0.717) is 23.0 Å². The Morgan fingerprint density at radius 2 is 1.77 bits per heavy atom. The van der Waals surface area contributed by atoms with Crippen LogP contribution >= 0.6 is 27.3 Å². The maximum Gasteiger partial charge on any atom is 0.251 e. The number of amides is 2. The van der Waals surface area contributed by atoms with E-state index in [0.717, 1.165) is 21.0 Å². The molecule has 31 heavy (non-hydrogen) atoms. The van der Waals surface area contributed by atoms with Gasteiger partial charge in [0.2, 0.25) is 5.91 Å². The van der Waals surface area contributed by atoms with Crippen LogP contribution in [0.2, 0.25) is 0 Å². The van der Waals surface area contributed by atoms with Gasteiger partial charge in [-0.05, 0) is 47.2 Å². The Balaban J connectivity index is 1.26. The number of anilines is 1. The zero-order valence-electron chi connectivity index (χ0n) is 16.3. The first-order chi connectivity index (χ1) is 15.1. The van der Waals surface area contributed by atoms with Crippen molar-refractivity contribution in [1.29, 1.82) is 0 Å². The normalized spacial score (nSPS) is 10.6. The van der Waals surface area contributed by atoms with Gasteiger partial charge < -0.3 is 15.4 Å². The maximum absolute atomic E-state index is 12.1. The molecule has 4 rings (SSSR count). The molecule has 4 aromatic rings. The molecule has 0 radical (unpaired) electrons. The quantitative estimate of drug-likeness (QED) is 0.377. The highest BCUT2D eigenvalue weighted by Crippen LogP contribution is 2.22. The van der Waals surface area contributed by atoms with E-state index in [1.54, 1.807) is 24.3 Å². The van der Waals surface area contributed by atoms with Crippen LogP contribution in [0.1, 0.15) is 16.1 Å². The number of ether oxygens (including phenoxy) is 1. The summed E-state index contributed by atoms with van der Waals surface area (Å²) < 4.78 is 6.71. The molecule has 0 fully saturated rings. The molecule has 0 aliphatic rings. The van der Waals surface area contributed by atoms with Crippen LogP contribution in [0.4, 0.5) is 5.13 Å². The van der Waals surface area contributed by atoms with E-state index in [4.69, 9.17) is 4.74 Å². The summed E-state index contributed by atoms with van der Waals surface area (Å²) in [5.74, 6) is 0.0982. The highest BCUT2D eigenvalue weighted by atomic mass is 79.9. The second-order valence-electron chi connectivity index (χ2n) is 6.68. The van der Waals surface area contributed by atoms with Crippen LogP contribution in [0.3, 0.4) is 0 Å². The predicted molar refractivity (Wildman–Crippen MR) is 125 cm³/mol. The number of aromatic nitrogens is 1. The minimum absolute atomic E-state index is 0.141. The van der Waals surface area contributed by atoms with Gasteiger partial charge >= 0.3 is 0 Å². The average Bonchev–Trinajstić information content (AvgIpc) is 3.23. The standard InChI is InChI=1S/C23H18BrN3O3S/c24-18-8-5-16(6-9-18)22(29)25-12-21(28)27-23-26-19(14-31-23)13-30-20-10-7-15-3-1-2-4-17(15)11-20/h1-11,14H,12-13H2,(H,25,29)(H,26,27,28). The fourth-order valence-electron chi connectivity index (χ4n) is 2.87. The molecule has 0 spiro atoms. The monoisotopic (exact) mass is 495 g/mol. The fraction of sp³-hybridized carbons (Fsp3) is 0.0870. The van der Waals surface area contributed by atoms with Crippen molar-refractivity contribution in [2.75, 3.05) is 11.9 Å². The fourth-order valence-corrected chi connectivity index (χ4v) is 3.85. The number of fused-ring (bicyclic) bond motifs is 1. The molecule has 0 bridgehead atoms. The van der Waals surface area contributed by atoms with Crippen LogP contribution in [0.25, 0.3) is 10.8 Å². The lowest BCUT2D eigenvalue weighted by Crippen LogP contribution is -2.32. The molecular formula is C23H18BrN3O3S. The SMILES string of the molecule is O=C(CNC(=O)c1ccc(Br)cc1)Nc1nc(COc2ccc3ccccc3c2)cs1. The summed E-state index contributed by atoms with van der Waals surface area (Å²) in [5.41, 5.74) is 1.20. The molecule has 3 aromatic carbocycles. The van der Waals surface area contributed by atoms with E-state index in [9.17, 15) is 9.59 Å². The van der Waals surface area contributed by atoms with Crippen molar-refractivity contribution in [1.82, 2.24) is 10.3 Å². The van der Waals surface area contributed by atoms with Crippen LogP contribution in [0, 0.1) is 0 Å². The van der Waals surface area contributed by atoms with Gasteiger partial charge in [0.25, 0.3) is 5.91 Å². The Morgan fingerprint density at radius 3 is 2.58 bits per heavy atom. The third-order valence-electron chi connectivity index (χ3n) is 4.42. The zero-order valence-corrected chi connectivity index (χ0v) is 18.7. The number of nitrogens with one attached hydrogen (secondary N) is 2. The summed E-state index contributed by atoms with van der Waals surface area (Å²) in [6.45, 7) is 0.155. The topological polar surface area (TPSA) is 80.3 Å². The van der Waals surface area contributed by atoms with Crippen LogP contribution in [-0.4, -0.2) is 23.3 Å². The van der Waals surface area contributed by atoms with E-state index in [-0.39, 0.29) is 18.4 Å². The first-order valence-electron chi connectivity index (χ1n) is 9.46. The first kappa shape index (κ1) is 21.0. The van der Waals surface area contributed by atoms with Gasteiger partial charge in [-0.25, -0.2) is 4.98 Å². The number of carbonyl (C=O) groups excluding carboxylic acids is 2. The molecular weight excluding hydrogens is 478 g/mol. The van der Waals surface area contributed by atoms with Gasteiger partial charge in [-0.1, -0.05) is 46.3 Å². The summed E-state index contributed by atoms with van der Waals surface area (Å²) in [5, 5.41) is 9.83. The average molecular weight is 496 g/mol. The number of benzene rings is 3. The highest BCUT2D eigenvalue weighted by molar-refractivity contribution is 9.10. The Hall–Kier alpha value is -3.23. The molecule has 1 heterocycles. The van der Waals surface area contributed by atoms with Crippen molar-refractivity contribution in [3.8, 4) is 5.75 Å². The molecule has 6 nitrogen and oxygen atoms in total. The van der Waals surface area contributed by atoms with E-state index >= 15 is 0 Å². The summed E-state index contributed by atoms with van der Waals surface area (Å²) >= 11 is 4.63. The van der Waals surface area contributed by atoms with Gasteiger partial charge in [-0.15, -0.1) is 11.3 Å². The van der Waals surface area contributed by atoms with Gasteiger partial charge in [0.05, 0.1) is 12.2 Å². The van der Waals surface area contributed by atoms with Gasteiger partial charge in [0.1, 0.15) is 12.4 Å². The molecule has 2 amide bonds. The second-order valence-corrected chi connectivity index (χ2v) is 8.45. The second kappa shape index (κ2) is 9.72. The van der Waals surface area contributed by atoms with Crippen LogP contribution in [0.5, 0.6) is 5.75 Å². The van der Waals surface area contributed by atoms with Crippen molar-refractivity contribution in [2.45, 2.75) is 6.61 Å². The number of hydrogen-bond acceptors (Lipinski definition) is 5. The molecule has 2 N–H and O–H groups in total. The third-order valence-corrected chi connectivity index (χ3v) is 5.76. The summed E-state index contributed by atoms with van der Waals surface area (Å²) in [6, 6.07) is 20.9. The Kier molecular flexibility index (Phi) is 6.59. The lowest BCUT2D eigenvalue weighted by Gasteiger charge is -2.06. The number of carbonyl (C=O) groups is 2. The molecule has 156 valence electrons. The van der Waals surface area contributed by atoms with Crippen molar-refractivity contribution in [3.63, 3.8) is 0 Å². The van der Waals surface area contributed by atoms with E-state index in [2.05, 4.69) is 37.6 Å². The minimum atomic E-state index is -0.346. The molecule has 0 aliphatic carbocycles. The molecule has 0 atom stereocenters. The minimum Gasteiger partial charge on any atom is -0.487 e. The molecule has 0 aliphatic heterocycles. The van der Waals surface area contributed by atoms with E-state index in [1.165, 1.54) is 11.3 Å². The largest absolute Gasteiger partial charge is 0.487 e. The first-order valence-corrected chi connectivity index (χ1v) is 11.1. The zero-order chi connectivity index (χ0) is 21.6. The van der Waals surface area contributed by atoms with Crippen LogP contribution in [-0.2, 0) is 11.4 Å². The van der Waals surface area contributed by atoms with Gasteiger partial charge in [0.15, 0.2) is 5.13 Å². The Labute approximate surface area is 191 Å². The number of nitrogens with zero attached hydrogens (tertiary/aromatic N) is 1. The Morgan fingerprint density at radius 1 is 1.00 bits per heavy atom. The smallest absolute Gasteiger partial charge is 0.251 e. The summed E-state index contributed by atoms with van der Waals surface area (Å²) in [4.78, 5) is 28.6. The highest BCUT2D eigenvalue weighted by Gasteiger charge is 2.10. The number of rotatable bonds is 7. The third kappa shape index (κ3) is 5.68. The van der Waals surface area contributed by atoms with Crippen molar-refractivity contribution in [3.05, 3.63) is 87.8 Å². The lowest BCUT2D eigenvalue weighted by molar-refractivity contribution is -0.115. The molecule has 0 unspecified atom stereocenters. The van der Waals surface area contributed by atoms with E-state index in [1.807, 2.05) is 41.8 Å². The number of halogens is 1. The maximum atomic E-state index is 12.1. The molecule has 0 saturated heterocycles.